The van der Waals surface area contributed by atoms with Crippen molar-refractivity contribution in [2.75, 3.05) is 11.9 Å². The van der Waals surface area contributed by atoms with Crippen LogP contribution in [0.3, 0.4) is 0 Å². The number of pyridine rings is 1. The average molecular weight is 276 g/mol. The molecule has 20 heavy (non-hydrogen) atoms. The lowest BCUT2D eigenvalue weighted by molar-refractivity contribution is 0.1000. The molecule has 110 valence electrons. The molecule has 5 heteroatoms. The zero-order valence-corrected chi connectivity index (χ0v) is 12.3. The van der Waals surface area contributed by atoms with Gasteiger partial charge in [0.2, 0.25) is 0 Å². The van der Waals surface area contributed by atoms with E-state index in [1.54, 1.807) is 0 Å². The summed E-state index contributed by atoms with van der Waals surface area (Å²) in [6, 6.07) is 2.23. The summed E-state index contributed by atoms with van der Waals surface area (Å²) in [4.78, 5) is 16.0. The molecule has 5 nitrogen and oxygen atoms in total. The first kappa shape index (κ1) is 14.8. The number of carbonyl (C=O) groups is 1. The normalized spacial score (nSPS) is 22.6. The molecule has 1 aliphatic rings. The third-order valence-electron chi connectivity index (χ3n) is 4.04. The Bertz CT molecular complexity index is 493. The van der Waals surface area contributed by atoms with Crippen LogP contribution in [0.25, 0.3) is 0 Å². The molecule has 0 spiro atoms. The van der Waals surface area contributed by atoms with E-state index in [0.717, 1.165) is 43.5 Å². The third-order valence-corrected chi connectivity index (χ3v) is 4.04. The quantitative estimate of drug-likeness (QED) is 0.780. The van der Waals surface area contributed by atoms with Crippen molar-refractivity contribution in [1.29, 1.82) is 0 Å². The highest BCUT2D eigenvalue weighted by Gasteiger charge is 2.20. The van der Waals surface area contributed by atoms with Gasteiger partial charge >= 0.3 is 0 Å². The van der Waals surface area contributed by atoms with Gasteiger partial charge < -0.3 is 16.8 Å². The molecule has 0 radical (unpaired) electrons. The molecule has 0 atom stereocenters. The third kappa shape index (κ3) is 3.48. The first-order valence-electron chi connectivity index (χ1n) is 7.25. The second-order valence-electron chi connectivity index (χ2n) is 5.83. The number of nitrogens with one attached hydrogen (secondary N) is 1. The van der Waals surface area contributed by atoms with Crippen molar-refractivity contribution in [2.45, 2.75) is 45.6 Å². The number of rotatable bonds is 4. The van der Waals surface area contributed by atoms with Gasteiger partial charge in [-0.25, -0.2) is 4.98 Å². The molecule has 0 aliphatic heterocycles. The molecule has 1 amide bonds. The van der Waals surface area contributed by atoms with Crippen LogP contribution in [0.4, 0.5) is 5.82 Å². The molecule has 1 fully saturated rings. The molecule has 1 heterocycles. The predicted octanol–water partition coefficient (Wildman–Crippen LogP) is 1.73. The van der Waals surface area contributed by atoms with E-state index in [9.17, 15) is 4.79 Å². The summed E-state index contributed by atoms with van der Waals surface area (Å²) >= 11 is 0. The van der Waals surface area contributed by atoms with E-state index in [1.165, 1.54) is 0 Å². The van der Waals surface area contributed by atoms with Gasteiger partial charge in [0.25, 0.3) is 5.91 Å². The van der Waals surface area contributed by atoms with E-state index >= 15 is 0 Å². The van der Waals surface area contributed by atoms with Gasteiger partial charge in [0.15, 0.2) is 0 Å². The number of primary amides is 1. The molecule has 1 aromatic heterocycles. The van der Waals surface area contributed by atoms with Crippen molar-refractivity contribution >= 4 is 11.7 Å². The lowest BCUT2D eigenvalue weighted by Crippen LogP contribution is -2.29. The smallest absolute Gasteiger partial charge is 0.252 e. The van der Waals surface area contributed by atoms with Gasteiger partial charge in [-0.2, -0.15) is 0 Å². The Morgan fingerprint density at radius 1 is 1.35 bits per heavy atom. The first-order valence-corrected chi connectivity index (χ1v) is 7.25. The number of nitrogens with zero attached hydrogens (tertiary/aromatic N) is 1. The fourth-order valence-corrected chi connectivity index (χ4v) is 2.91. The van der Waals surface area contributed by atoms with Crippen LogP contribution in [-0.2, 0) is 0 Å². The van der Waals surface area contributed by atoms with Gasteiger partial charge in [0.1, 0.15) is 5.82 Å². The van der Waals surface area contributed by atoms with Crippen molar-refractivity contribution in [3.05, 3.63) is 22.9 Å². The molecule has 1 aliphatic carbocycles. The van der Waals surface area contributed by atoms with Crippen molar-refractivity contribution in [3.8, 4) is 0 Å². The number of anilines is 1. The van der Waals surface area contributed by atoms with Crippen molar-refractivity contribution in [2.24, 2.45) is 17.4 Å². The summed E-state index contributed by atoms with van der Waals surface area (Å²) in [6.45, 7) is 4.63. The van der Waals surface area contributed by atoms with Crippen LogP contribution in [0.1, 0.15) is 47.3 Å². The van der Waals surface area contributed by atoms with Crippen LogP contribution in [-0.4, -0.2) is 23.5 Å². The number of hydrogen-bond acceptors (Lipinski definition) is 4. The first-order chi connectivity index (χ1) is 9.47. The zero-order chi connectivity index (χ0) is 14.7. The van der Waals surface area contributed by atoms with Crippen molar-refractivity contribution in [1.82, 2.24) is 4.98 Å². The minimum absolute atomic E-state index is 0.353. The standard InChI is InChI=1S/C15H24N4O/c1-9-7-10(2)19-15(13(9)14(17)20)18-8-11-3-5-12(16)6-4-11/h7,11-12H,3-6,8,16H2,1-2H3,(H2,17,20)(H,18,19). The zero-order valence-electron chi connectivity index (χ0n) is 12.3. The van der Waals surface area contributed by atoms with E-state index < -0.39 is 5.91 Å². The van der Waals surface area contributed by atoms with Crippen LogP contribution in [0.5, 0.6) is 0 Å². The maximum absolute atomic E-state index is 11.6. The van der Waals surface area contributed by atoms with Gasteiger partial charge in [-0.3, -0.25) is 4.79 Å². The Balaban J connectivity index is 2.07. The lowest BCUT2D eigenvalue weighted by atomic mass is 9.86. The maximum atomic E-state index is 11.6. The van der Waals surface area contributed by atoms with E-state index in [0.29, 0.717) is 23.3 Å². The molecular weight excluding hydrogens is 252 g/mol. The Labute approximate surface area is 120 Å². The fourth-order valence-electron chi connectivity index (χ4n) is 2.91. The monoisotopic (exact) mass is 276 g/mol. The SMILES string of the molecule is Cc1cc(C)c(C(N)=O)c(NCC2CCC(N)CC2)n1. The number of carbonyl (C=O) groups excluding carboxylic acids is 1. The van der Waals surface area contributed by atoms with Crippen LogP contribution < -0.4 is 16.8 Å². The van der Waals surface area contributed by atoms with Gasteiger partial charge in [-0.1, -0.05) is 0 Å². The highest BCUT2D eigenvalue weighted by molar-refractivity contribution is 5.99. The van der Waals surface area contributed by atoms with E-state index in [2.05, 4.69) is 10.3 Å². The number of amides is 1. The summed E-state index contributed by atoms with van der Waals surface area (Å²) in [5.74, 6) is 0.784. The number of nitrogens with two attached hydrogens (primary N) is 2. The predicted molar refractivity (Wildman–Crippen MR) is 80.7 cm³/mol. The molecular formula is C15H24N4O. The minimum Gasteiger partial charge on any atom is -0.369 e. The van der Waals surface area contributed by atoms with Crippen LogP contribution in [0.15, 0.2) is 6.07 Å². The highest BCUT2D eigenvalue weighted by Crippen LogP contribution is 2.24. The summed E-state index contributed by atoms with van der Waals surface area (Å²) in [7, 11) is 0. The summed E-state index contributed by atoms with van der Waals surface area (Å²) < 4.78 is 0. The largest absolute Gasteiger partial charge is 0.369 e. The number of hydrogen-bond donors (Lipinski definition) is 3. The molecule has 5 N–H and O–H groups in total. The van der Waals surface area contributed by atoms with E-state index in [1.807, 2.05) is 19.9 Å². The van der Waals surface area contributed by atoms with Gasteiger partial charge in [-0.15, -0.1) is 0 Å². The summed E-state index contributed by atoms with van der Waals surface area (Å²) in [6.07, 6.45) is 4.42. The summed E-state index contributed by atoms with van der Waals surface area (Å²) in [5, 5.41) is 3.31. The highest BCUT2D eigenvalue weighted by atomic mass is 16.1. The molecule has 0 unspecified atom stereocenters. The molecule has 0 saturated heterocycles. The Hall–Kier alpha value is -1.62. The number of aromatic nitrogens is 1. The second kappa shape index (κ2) is 6.22. The minimum atomic E-state index is -0.428. The maximum Gasteiger partial charge on any atom is 0.252 e. The molecule has 1 saturated carbocycles. The Kier molecular flexibility index (Phi) is 4.60. The molecule has 2 rings (SSSR count). The van der Waals surface area contributed by atoms with Gasteiger partial charge in [0, 0.05) is 18.3 Å². The molecule has 0 bridgehead atoms. The Morgan fingerprint density at radius 2 is 2.00 bits per heavy atom. The van der Waals surface area contributed by atoms with Gasteiger partial charge in [0.05, 0.1) is 5.56 Å². The van der Waals surface area contributed by atoms with Crippen LogP contribution in [0, 0.1) is 19.8 Å². The summed E-state index contributed by atoms with van der Waals surface area (Å²) in [5.41, 5.74) is 13.6. The van der Waals surface area contributed by atoms with E-state index in [-0.39, 0.29) is 0 Å². The van der Waals surface area contributed by atoms with Crippen LogP contribution in [0.2, 0.25) is 0 Å². The van der Waals surface area contributed by atoms with Crippen molar-refractivity contribution < 1.29 is 4.79 Å². The molecule has 0 aromatic carbocycles. The lowest BCUT2D eigenvalue weighted by Gasteiger charge is -2.26. The van der Waals surface area contributed by atoms with Crippen molar-refractivity contribution in [3.63, 3.8) is 0 Å². The number of aryl methyl sites for hydroxylation is 2. The van der Waals surface area contributed by atoms with Crippen LogP contribution >= 0.6 is 0 Å². The molecule has 1 aromatic rings. The Morgan fingerprint density at radius 3 is 2.60 bits per heavy atom. The second-order valence-corrected chi connectivity index (χ2v) is 5.83. The van der Waals surface area contributed by atoms with E-state index in [4.69, 9.17) is 11.5 Å². The van der Waals surface area contributed by atoms with Gasteiger partial charge in [-0.05, 0) is 57.1 Å². The average Bonchev–Trinajstić information content (AvgIpc) is 2.36. The fraction of sp³-hybridized carbons (Fsp3) is 0.600. The topological polar surface area (TPSA) is 94.0 Å².